The summed E-state index contributed by atoms with van der Waals surface area (Å²) < 4.78 is 21.5. The fraction of sp³-hybridized carbons (Fsp3) is 1.00. The van der Waals surface area contributed by atoms with Crippen molar-refractivity contribution in [1.29, 1.82) is 0 Å². The topological polar surface area (TPSA) is 34.1 Å². The Kier molecular flexibility index (Phi) is 2.25. The summed E-state index contributed by atoms with van der Waals surface area (Å²) in [5, 5.41) is -0.274. The number of hydrogen-bond donors (Lipinski definition) is 0. The first-order valence-electron chi connectivity index (χ1n) is 3.43. The molecule has 1 aliphatic carbocycles. The normalized spacial score (nSPS) is 34.6. The van der Waals surface area contributed by atoms with Crippen LogP contribution in [0, 0.1) is 5.92 Å². The Morgan fingerprint density at radius 1 is 1.40 bits per heavy atom. The second-order valence-electron chi connectivity index (χ2n) is 3.02. The molecule has 2 unspecified atom stereocenters. The molecule has 0 amide bonds. The highest BCUT2D eigenvalue weighted by molar-refractivity contribution is 8.14. The predicted octanol–water partition coefficient (Wildman–Crippen LogP) is 1.74. The number of hydrogen-bond acceptors (Lipinski definition) is 2. The number of halogens is 1. The van der Waals surface area contributed by atoms with Crippen LogP contribution in [0.1, 0.15) is 26.2 Å². The van der Waals surface area contributed by atoms with Crippen LogP contribution in [-0.2, 0) is 9.05 Å². The standard InChI is InChI=1S/C6H11ClO2S/c1-5-2-3-6(4-5)10(7,8)9/h5-6H,2-4H2,1H3. The van der Waals surface area contributed by atoms with Gasteiger partial charge in [-0.25, -0.2) is 8.42 Å². The van der Waals surface area contributed by atoms with Crippen LogP contribution < -0.4 is 0 Å². The lowest BCUT2D eigenvalue weighted by atomic mass is 10.1. The Hall–Kier alpha value is 0.240. The van der Waals surface area contributed by atoms with Crippen LogP contribution in [-0.4, -0.2) is 13.7 Å². The summed E-state index contributed by atoms with van der Waals surface area (Å²) in [6.45, 7) is 2.06. The summed E-state index contributed by atoms with van der Waals surface area (Å²) in [5.74, 6) is 0.526. The molecule has 0 aromatic carbocycles. The van der Waals surface area contributed by atoms with Gasteiger partial charge in [0.15, 0.2) is 0 Å². The van der Waals surface area contributed by atoms with Crippen molar-refractivity contribution in [2.45, 2.75) is 31.4 Å². The lowest BCUT2D eigenvalue weighted by Gasteiger charge is -2.02. The Bertz CT molecular complexity index is 210. The van der Waals surface area contributed by atoms with E-state index in [0.29, 0.717) is 5.92 Å². The first-order chi connectivity index (χ1) is 4.50. The van der Waals surface area contributed by atoms with Crippen molar-refractivity contribution in [3.8, 4) is 0 Å². The van der Waals surface area contributed by atoms with Crippen molar-refractivity contribution < 1.29 is 8.42 Å². The van der Waals surface area contributed by atoms with Crippen LogP contribution in [0.5, 0.6) is 0 Å². The largest absolute Gasteiger partial charge is 0.235 e. The van der Waals surface area contributed by atoms with E-state index in [1.54, 1.807) is 0 Å². The minimum atomic E-state index is -3.26. The Morgan fingerprint density at radius 3 is 2.20 bits per heavy atom. The first-order valence-corrected chi connectivity index (χ1v) is 5.81. The highest BCUT2D eigenvalue weighted by Crippen LogP contribution is 2.31. The fourth-order valence-electron chi connectivity index (χ4n) is 1.41. The third-order valence-corrected chi connectivity index (χ3v) is 4.03. The zero-order valence-electron chi connectivity index (χ0n) is 5.88. The quantitative estimate of drug-likeness (QED) is 0.579. The summed E-state index contributed by atoms with van der Waals surface area (Å²) >= 11 is 0. The molecule has 0 aromatic heterocycles. The monoisotopic (exact) mass is 182 g/mol. The molecule has 2 atom stereocenters. The van der Waals surface area contributed by atoms with Crippen molar-refractivity contribution in [3.05, 3.63) is 0 Å². The van der Waals surface area contributed by atoms with Gasteiger partial charge < -0.3 is 0 Å². The van der Waals surface area contributed by atoms with Gasteiger partial charge in [-0.05, 0) is 25.2 Å². The van der Waals surface area contributed by atoms with E-state index in [1.807, 2.05) is 0 Å². The van der Waals surface area contributed by atoms with Crippen molar-refractivity contribution >= 4 is 19.7 Å². The van der Waals surface area contributed by atoms with E-state index >= 15 is 0 Å². The van der Waals surface area contributed by atoms with Gasteiger partial charge in [-0.15, -0.1) is 0 Å². The maximum atomic E-state index is 10.7. The van der Waals surface area contributed by atoms with Gasteiger partial charge in [0.1, 0.15) is 0 Å². The zero-order valence-corrected chi connectivity index (χ0v) is 7.45. The highest BCUT2D eigenvalue weighted by atomic mass is 35.7. The third-order valence-electron chi connectivity index (χ3n) is 2.04. The van der Waals surface area contributed by atoms with Gasteiger partial charge in [-0.1, -0.05) is 6.92 Å². The summed E-state index contributed by atoms with van der Waals surface area (Å²) in [5.41, 5.74) is 0. The lowest BCUT2D eigenvalue weighted by molar-refractivity contribution is 0.583. The van der Waals surface area contributed by atoms with Crippen LogP contribution in [0.15, 0.2) is 0 Å². The van der Waals surface area contributed by atoms with E-state index in [9.17, 15) is 8.42 Å². The maximum Gasteiger partial charge on any atom is 0.235 e. The molecule has 0 aromatic rings. The second kappa shape index (κ2) is 2.70. The van der Waals surface area contributed by atoms with Crippen molar-refractivity contribution in [3.63, 3.8) is 0 Å². The smallest absolute Gasteiger partial charge is 0.212 e. The molecule has 0 heterocycles. The molecule has 0 radical (unpaired) electrons. The molecule has 60 valence electrons. The molecule has 2 nitrogen and oxygen atoms in total. The lowest BCUT2D eigenvalue weighted by Crippen LogP contribution is -2.11. The number of rotatable bonds is 1. The van der Waals surface area contributed by atoms with Crippen LogP contribution in [0.3, 0.4) is 0 Å². The molecule has 10 heavy (non-hydrogen) atoms. The second-order valence-corrected chi connectivity index (χ2v) is 5.92. The van der Waals surface area contributed by atoms with Crippen molar-refractivity contribution in [1.82, 2.24) is 0 Å². The molecule has 0 aliphatic heterocycles. The SMILES string of the molecule is CC1CCC(S(=O)(=O)Cl)C1. The van der Waals surface area contributed by atoms with Gasteiger partial charge in [-0.3, -0.25) is 0 Å². The fourth-order valence-corrected chi connectivity index (χ4v) is 2.87. The van der Waals surface area contributed by atoms with Crippen LogP contribution >= 0.6 is 10.7 Å². The zero-order chi connectivity index (χ0) is 7.78. The Labute approximate surface area is 66.0 Å². The minimum absolute atomic E-state index is 0.274. The average Bonchev–Trinajstić information content (AvgIpc) is 2.11. The van der Waals surface area contributed by atoms with Crippen molar-refractivity contribution in [2.24, 2.45) is 5.92 Å². The molecule has 1 fully saturated rings. The molecule has 1 saturated carbocycles. The molecule has 0 saturated heterocycles. The van der Waals surface area contributed by atoms with E-state index in [4.69, 9.17) is 10.7 Å². The summed E-state index contributed by atoms with van der Waals surface area (Å²) in [6.07, 6.45) is 2.48. The van der Waals surface area contributed by atoms with E-state index in [2.05, 4.69) is 6.92 Å². The van der Waals surface area contributed by atoms with Gasteiger partial charge in [-0.2, -0.15) is 0 Å². The summed E-state index contributed by atoms with van der Waals surface area (Å²) in [4.78, 5) is 0. The first kappa shape index (κ1) is 8.34. The van der Waals surface area contributed by atoms with Gasteiger partial charge in [0.25, 0.3) is 0 Å². The van der Waals surface area contributed by atoms with Crippen LogP contribution in [0.2, 0.25) is 0 Å². The van der Waals surface area contributed by atoms with Crippen molar-refractivity contribution in [2.75, 3.05) is 0 Å². The molecule has 4 heteroatoms. The summed E-state index contributed by atoms with van der Waals surface area (Å²) in [7, 11) is 1.91. The molecular weight excluding hydrogens is 172 g/mol. The van der Waals surface area contributed by atoms with Gasteiger partial charge in [0, 0.05) is 10.7 Å². The predicted molar refractivity (Wildman–Crippen MR) is 41.6 cm³/mol. The summed E-state index contributed by atoms with van der Waals surface area (Å²) in [6, 6.07) is 0. The molecule has 1 aliphatic rings. The van der Waals surface area contributed by atoms with Crippen LogP contribution in [0.4, 0.5) is 0 Å². The maximum absolute atomic E-state index is 10.7. The van der Waals surface area contributed by atoms with E-state index < -0.39 is 9.05 Å². The molecule has 1 rings (SSSR count). The van der Waals surface area contributed by atoms with Crippen LogP contribution in [0.25, 0.3) is 0 Å². The van der Waals surface area contributed by atoms with Gasteiger partial charge >= 0.3 is 0 Å². The Morgan fingerprint density at radius 2 is 2.00 bits per heavy atom. The third kappa shape index (κ3) is 1.86. The Balaban J connectivity index is 2.62. The molecule has 0 bridgehead atoms. The van der Waals surface area contributed by atoms with Gasteiger partial charge in [0.05, 0.1) is 5.25 Å². The minimum Gasteiger partial charge on any atom is -0.212 e. The highest BCUT2D eigenvalue weighted by Gasteiger charge is 2.30. The average molecular weight is 183 g/mol. The van der Waals surface area contributed by atoms with E-state index in [0.717, 1.165) is 19.3 Å². The van der Waals surface area contributed by atoms with Gasteiger partial charge in [0.2, 0.25) is 9.05 Å². The molecule has 0 spiro atoms. The van der Waals surface area contributed by atoms with E-state index in [1.165, 1.54) is 0 Å². The van der Waals surface area contributed by atoms with E-state index in [-0.39, 0.29) is 5.25 Å². The molecular formula is C6H11ClO2S. The molecule has 0 N–H and O–H groups in total.